The molecule has 1 fully saturated rings. The van der Waals surface area contributed by atoms with Gasteiger partial charge in [-0.3, -0.25) is 0 Å². The Balaban J connectivity index is 2.28. The van der Waals surface area contributed by atoms with Gasteiger partial charge in [0.25, 0.3) is 0 Å². The summed E-state index contributed by atoms with van der Waals surface area (Å²) in [6.07, 6.45) is 0. The second kappa shape index (κ2) is 4.47. The van der Waals surface area contributed by atoms with Gasteiger partial charge < -0.3 is 4.90 Å². The molecule has 84 valence electrons. The van der Waals surface area contributed by atoms with E-state index in [0.717, 1.165) is 40.6 Å². The van der Waals surface area contributed by atoms with E-state index in [2.05, 4.69) is 46.8 Å². The Kier molecular flexibility index (Phi) is 3.20. The van der Waals surface area contributed by atoms with Crippen LogP contribution in [0.4, 0.5) is 5.69 Å². The van der Waals surface area contributed by atoms with Gasteiger partial charge in [-0.1, -0.05) is 29.8 Å². The lowest BCUT2D eigenvalue weighted by Crippen LogP contribution is -2.19. The van der Waals surface area contributed by atoms with Crippen molar-refractivity contribution in [2.24, 2.45) is 11.8 Å². The number of rotatable bonds is 1. The maximum atomic E-state index is 8.94. The lowest BCUT2D eigenvalue weighted by Gasteiger charge is -2.18. The van der Waals surface area contributed by atoms with Crippen molar-refractivity contribution >= 4 is 21.6 Å². The quantitative estimate of drug-likeness (QED) is 0.787. The minimum absolute atomic E-state index is 0.719. The number of nitriles is 1. The fourth-order valence-corrected chi connectivity index (χ4v) is 2.64. The lowest BCUT2D eigenvalue weighted by molar-refractivity contribution is 0.494. The first-order valence-corrected chi connectivity index (χ1v) is 6.35. The van der Waals surface area contributed by atoms with E-state index < -0.39 is 0 Å². The largest absolute Gasteiger partial charge is 0.371 e. The second-order valence-electron chi connectivity index (χ2n) is 4.67. The maximum absolute atomic E-state index is 8.94. The molecule has 2 rings (SSSR count). The first kappa shape index (κ1) is 11.5. The molecule has 1 aliphatic heterocycles. The number of anilines is 1. The van der Waals surface area contributed by atoms with Crippen LogP contribution in [0.25, 0.3) is 0 Å². The van der Waals surface area contributed by atoms with E-state index in [-0.39, 0.29) is 0 Å². The smallest absolute Gasteiger partial charge is 0.0992 e. The first-order valence-electron chi connectivity index (χ1n) is 5.56. The van der Waals surface area contributed by atoms with E-state index in [4.69, 9.17) is 5.26 Å². The highest BCUT2D eigenvalue weighted by Gasteiger charge is 2.26. The van der Waals surface area contributed by atoms with Gasteiger partial charge in [-0.05, 0) is 30.0 Å². The monoisotopic (exact) mass is 278 g/mol. The summed E-state index contributed by atoms with van der Waals surface area (Å²) >= 11 is 3.45. The van der Waals surface area contributed by atoms with Crippen molar-refractivity contribution < 1.29 is 0 Å². The predicted molar refractivity (Wildman–Crippen MR) is 69.4 cm³/mol. The highest BCUT2D eigenvalue weighted by atomic mass is 79.9. The molecule has 1 saturated heterocycles. The van der Waals surface area contributed by atoms with Crippen molar-refractivity contribution in [3.63, 3.8) is 0 Å². The molecule has 1 aromatic rings. The molecule has 1 heterocycles. The zero-order valence-electron chi connectivity index (χ0n) is 9.57. The van der Waals surface area contributed by atoms with Gasteiger partial charge in [-0.15, -0.1) is 0 Å². The lowest BCUT2D eigenvalue weighted by atomic mass is 10.0. The molecule has 1 aromatic carbocycles. The van der Waals surface area contributed by atoms with Gasteiger partial charge in [-0.2, -0.15) is 5.26 Å². The Morgan fingerprint density at radius 2 is 1.88 bits per heavy atom. The summed E-state index contributed by atoms with van der Waals surface area (Å²) in [6, 6.07) is 8.11. The first-order chi connectivity index (χ1) is 7.60. The van der Waals surface area contributed by atoms with Gasteiger partial charge >= 0.3 is 0 Å². The summed E-state index contributed by atoms with van der Waals surface area (Å²) in [7, 11) is 0. The predicted octanol–water partition coefficient (Wildman–Crippen LogP) is 3.41. The molecule has 0 bridgehead atoms. The van der Waals surface area contributed by atoms with Crippen LogP contribution in [0, 0.1) is 23.2 Å². The Morgan fingerprint density at radius 3 is 2.44 bits per heavy atom. The fourth-order valence-electron chi connectivity index (χ4n) is 2.16. The standard InChI is InChI=1S/C13H15BrN2/c1-9-7-16(8-10(9)2)13-4-11(6-15)3-12(14)5-13/h3-5,9-10H,7-8H2,1-2H3. The van der Waals surface area contributed by atoms with Crippen LogP contribution in [0.15, 0.2) is 22.7 Å². The fraction of sp³-hybridized carbons (Fsp3) is 0.462. The van der Waals surface area contributed by atoms with E-state index >= 15 is 0 Å². The average molecular weight is 279 g/mol. The normalized spacial score (nSPS) is 24.5. The van der Waals surface area contributed by atoms with E-state index in [1.54, 1.807) is 0 Å². The molecule has 3 heteroatoms. The van der Waals surface area contributed by atoms with Crippen LogP contribution in [0.5, 0.6) is 0 Å². The van der Waals surface area contributed by atoms with Crippen LogP contribution in [0.2, 0.25) is 0 Å². The zero-order valence-corrected chi connectivity index (χ0v) is 11.2. The third-order valence-electron chi connectivity index (χ3n) is 3.36. The van der Waals surface area contributed by atoms with Gasteiger partial charge in [0, 0.05) is 23.2 Å². The summed E-state index contributed by atoms with van der Waals surface area (Å²) in [6.45, 7) is 6.74. The van der Waals surface area contributed by atoms with E-state index in [0.29, 0.717) is 0 Å². The van der Waals surface area contributed by atoms with Crippen molar-refractivity contribution in [2.45, 2.75) is 13.8 Å². The van der Waals surface area contributed by atoms with E-state index in [1.165, 1.54) is 0 Å². The highest BCUT2D eigenvalue weighted by Crippen LogP contribution is 2.30. The van der Waals surface area contributed by atoms with Crippen LogP contribution in [-0.4, -0.2) is 13.1 Å². The molecular formula is C13H15BrN2. The molecular weight excluding hydrogens is 264 g/mol. The van der Waals surface area contributed by atoms with Crippen molar-refractivity contribution in [3.05, 3.63) is 28.2 Å². The molecule has 1 aliphatic rings. The molecule has 2 nitrogen and oxygen atoms in total. The van der Waals surface area contributed by atoms with Crippen LogP contribution in [0.1, 0.15) is 19.4 Å². The third-order valence-corrected chi connectivity index (χ3v) is 3.82. The Hall–Kier alpha value is -1.01. The number of nitrogens with zero attached hydrogens (tertiary/aromatic N) is 2. The van der Waals surface area contributed by atoms with Crippen LogP contribution >= 0.6 is 15.9 Å². The minimum atomic E-state index is 0.719. The summed E-state index contributed by atoms with van der Waals surface area (Å²) in [5.74, 6) is 1.45. The molecule has 16 heavy (non-hydrogen) atoms. The van der Waals surface area contributed by atoms with Crippen molar-refractivity contribution in [3.8, 4) is 6.07 Å². The average Bonchev–Trinajstić information content (AvgIpc) is 2.58. The second-order valence-corrected chi connectivity index (χ2v) is 5.59. The SMILES string of the molecule is CC1CN(c2cc(Br)cc(C#N)c2)CC1C. The Bertz CT molecular complexity index is 426. The molecule has 0 aliphatic carbocycles. The summed E-state index contributed by atoms with van der Waals surface area (Å²) < 4.78 is 0.980. The van der Waals surface area contributed by atoms with Gasteiger partial charge in [0.1, 0.15) is 0 Å². The van der Waals surface area contributed by atoms with E-state index in [9.17, 15) is 0 Å². The third kappa shape index (κ3) is 2.22. The Labute approximate surface area is 105 Å². The van der Waals surface area contributed by atoms with Crippen LogP contribution in [0.3, 0.4) is 0 Å². The molecule has 2 atom stereocenters. The molecule has 0 aromatic heterocycles. The van der Waals surface area contributed by atoms with Gasteiger partial charge in [-0.25, -0.2) is 0 Å². The van der Waals surface area contributed by atoms with Gasteiger partial charge in [0.15, 0.2) is 0 Å². The minimum Gasteiger partial charge on any atom is -0.371 e. The van der Waals surface area contributed by atoms with E-state index in [1.807, 2.05) is 12.1 Å². The van der Waals surface area contributed by atoms with Gasteiger partial charge in [0.2, 0.25) is 0 Å². The number of benzene rings is 1. The molecule has 2 unspecified atom stereocenters. The van der Waals surface area contributed by atoms with Crippen LogP contribution in [-0.2, 0) is 0 Å². The molecule has 0 spiro atoms. The highest BCUT2D eigenvalue weighted by molar-refractivity contribution is 9.10. The van der Waals surface area contributed by atoms with Crippen molar-refractivity contribution in [1.82, 2.24) is 0 Å². The molecule has 0 N–H and O–H groups in total. The van der Waals surface area contributed by atoms with Crippen molar-refractivity contribution in [1.29, 1.82) is 5.26 Å². The topological polar surface area (TPSA) is 27.0 Å². The van der Waals surface area contributed by atoms with Crippen molar-refractivity contribution in [2.75, 3.05) is 18.0 Å². The number of halogens is 1. The maximum Gasteiger partial charge on any atom is 0.0992 e. The summed E-state index contributed by atoms with van der Waals surface area (Å²) in [5.41, 5.74) is 1.87. The van der Waals surface area contributed by atoms with Crippen LogP contribution < -0.4 is 4.90 Å². The molecule has 0 amide bonds. The molecule has 0 radical (unpaired) electrons. The number of hydrogen-bond donors (Lipinski definition) is 0. The molecule has 0 saturated carbocycles. The van der Waals surface area contributed by atoms with Gasteiger partial charge in [0.05, 0.1) is 11.6 Å². The summed E-state index contributed by atoms with van der Waals surface area (Å²) in [5, 5.41) is 8.94. The summed E-state index contributed by atoms with van der Waals surface area (Å²) in [4.78, 5) is 2.36. The number of hydrogen-bond acceptors (Lipinski definition) is 2. The zero-order chi connectivity index (χ0) is 11.7. The Morgan fingerprint density at radius 1 is 1.25 bits per heavy atom.